The summed E-state index contributed by atoms with van der Waals surface area (Å²) in [6, 6.07) is 9.12. The molecule has 1 aromatic carbocycles. The summed E-state index contributed by atoms with van der Waals surface area (Å²) in [5.41, 5.74) is 2.88. The van der Waals surface area contributed by atoms with Crippen LogP contribution in [0.2, 0.25) is 0 Å². The summed E-state index contributed by atoms with van der Waals surface area (Å²) in [5, 5.41) is 0. The van der Waals surface area contributed by atoms with Crippen LogP contribution in [-0.2, 0) is 6.54 Å². The van der Waals surface area contributed by atoms with Crippen LogP contribution in [0.3, 0.4) is 0 Å². The molecule has 1 aromatic rings. The Morgan fingerprint density at radius 1 is 0.941 bits per heavy atom. The molecule has 0 N–H and O–H groups in total. The zero-order valence-corrected chi connectivity index (χ0v) is 11.9. The molecule has 0 aliphatic carbocycles. The van der Waals surface area contributed by atoms with Crippen LogP contribution in [0, 0.1) is 0 Å². The van der Waals surface area contributed by atoms with E-state index in [1.54, 1.807) is 0 Å². The van der Waals surface area contributed by atoms with Crippen molar-refractivity contribution < 1.29 is 0 Å². The first-order chi connectivity index (χ1) is 8.17. The third-order valence-corrected chi connectivity index (χ3v) is 3.13. The van der Waals surface area contributed by atoms with Crippen LogP contribution in [0.5, 0.6) is 0 Å². The van der Waals surface area contributed by atoms with Crippen LogP contribution in [0.25, 0.3) is 0 Å². The number of rotatable bonds is 7. The van der Waals surface area contributed by atoms with Crippen molar-refractivity contribution in [3.05, 3.63) is 35.4 Å². The third kappa shape index (κ3) is 4.91. The maximum Gasteiger partial charge on any atom is 0.0233 e. The Labute approximate surface area is 107 Å². The topological polar surface area (TPSA) is 3.24 Å². The zero-order valence-electron chi connectivity index (χ0n) is 11.9. The Morgan fingerprint density at radius 3 is 1.88 bits per heavy atom. The van der Waals surface area contributed by atoms with Crippen LogP contribution in [0.4, 0.5) is 0 Å². The molecule has 96 valence electrons. The maximum atomic E-state index is 2.55. The van der Waals surface area contributed by atoms with Gasteiger partial charge in [0, 0.05) is 6.54 Å². The van der Waals surface area contributed by atoms with Gasteiger partial charge in [0.25, 0.3) is 0 Å². The van der Waals surface area contributed by atoms with E-state index < -0.39 is 0 Å². The number of nitrogens with zero attached hydrogens (tertiary/aromatic N) is 1. The average Bonchev–Trinajstić information content (AvgIpc) is 2.30. The van der Waals surface area contributed by atoms with Gasteiger partial charge in [-0.05, 0) is 43.0 Å². The van der Waals surface area contributed by atoms with Gasteiger partial charge in [-0.15, -0.1) is 0 Å². The van der Waals surface area contributed by atoms with Crippen molar-refractivity contribution in [2.24, 2.45) is 0 Å². The normalized spacial score (nSPS) is 11.4. The van der Waals surface area contributed by atoms with Gasteiger partial charge in [-0.2, -0.15) is 0 Å². The van der Waals surface area contributed by atoms with E-state index in [9.17, 15) is 0 Å². The Hall–Kier alpha value is -0.820. The molecule has 0 aliphatic rings. The molecular weight excluding hydrogens is 206 g/mol. The lowest BCUT2D eigenvalue weighted by Crippen LogP contribution is -2.24. The second kappa shape index (κ2) is 7.50. The fraction of sp³-hybridized carbons (Fsp3) is 0.625. The number of benzene rings is 1. The highest BCUT2D eigenvalue weighted by atomic mass is 15.1. The minimum atomic E-state index is 0.631. The van der Waals surface area contributed by atoms with E-state index in [2.05, 4.69) is 56.9 Å². The third-order valence-electron chi connectivity index (χ3n) is 3.13. The Morgan fingerprint density at radius 2 is 1.47 bits per heavy atom. The first-order valence-corrected chi connectivity index (χ1v) is 6.98. The van der Waals surface area contributed by atoms with Gasteiger partial charge in [0.15, 0.2) is 0 Å². The largest absolute Gasteiger partial charge is 0.299 e. The molecule has 17 heavy (non-hydrogen) atoms. The van der Waals surface area contributed by atoms with Gasteiger partial charge in [0.05, 0.1) is 0 Å². The lowest BCUT2D eigenvalue weighted by molar-refractivity contribution is 0.266. The quantitative estimate of drug-likeness (QED) is 0.673. The fourth-order valence-corrected chi connectivity index (χ4v) is 2.17. The molecular formula is C16H27N. The van der Waals surface area contributed by atoms with Crippen LogP contribution in [0.15, 0.2) is 24.3 Å². The molecule has 1 rings (SSSR count). The van der Waals surface area contributed by atoms with E-state index in [0.29, 0.717) is 5.92 Å². The predicted octanol–water partition coefficient (Wildman–Crippen LogP) is 4.43. The molecule has 0 aromatic heterocycles. The standard InChI is InChI=1S/C16H27N/c1-5-11-17(12-6-2)13-15-7-9-16(10-8-15)14(3)4/h7-10,14H,5-6,11-13H2,1-4H3. The van der Waals surface area contributed by atoms with E-state index in [4.69, 9.17) is 0 Å². The molecule has 0 spiro atoms. The molecule has 1 heteroatoms. The molecule has 0 radical (unpaired) electrons. The van der Waals surface area contributed by atoms with Gasteiger partial charge in [-0.25, -0.2) is 0 Å². The summed E-state index contributed by atoms with van der Waals surface area (Å²) in [4.78, 5) is 2.55. The van der Waals surface area contributed by atoms with Crippen molar-refractivity contribution in [1.29, 1.82) is 0 Å². The van der Waals surface area contributed by atoms with Crippen molar-refractivity contribution in [2.45, 2.75) is 53.0 Å². The van der Waals surface area contributed by atoms with Crippen molar-refractivity contribution in [3.63, 3.8) is 0 Å². The molecule has 0 aliphatic heterocycles. The SMILES string of the molecule is CCCN(CCC)Cc1ccc(C(C)C)cc1. The summed E-state index contributed by atoms with van der Waals surface area (Å²) in [6.45, 7) is 12.5. The molecule has 0 amide bonds. The molecule has 0 fully saturated rings. The van der Waals surface area contributed by atoms with E-state index in [1.165, 1.54) is 37.1 Å². The van der Waals surface area contributed by atoms with E-state index in [-0.39, 0.29) is 0 Å². The van der Waals surface area contributed by atoms with Gasteiger partial charge in [0.1, 0.15) is 0 Å². The Kier molecular flexibility index (Phi) is 6.28. The molecule has 0 saturated carbocycles. The zero-order chi connectivity index (χ0) is 12.7. The highest BCUT2D eigenvalue weighted by Gasteiger charge is 2.04. The van der Waals surface area contributed by atoms with Gasteiger partial charge < -0.3 is 0 Å². The summed E-state index contributed by atoms with van der Waals surface area (Å²) in [5.74, 6) is 0.631. The summed E-state index contributed by atoms with van der Waals surface area (Å²) in [6.07, 6.45) is 2.48. The molecule has 0 unspecified atom stereocenters. The lowest BCUT2D eigenvalue weighted by Gasteiger charge is -2.21. The highest BCUT2D eigenvalue weighted by molar-refractivity contribution is 5.24. The Bertz CT molecular complexity index is 294. The lowest BCUT2D eigenvalue weighted by atomic mass is 10.0. The summed E-state index contributed by atoms with van der Waals surface area (Å²) < 4.78 is 0. The molecule has 1 nitrogen and oxygen atoms in total. The maximum absolute atomic E-state index is 2.55. The highest BCUT2D eigenvalue weighted by Crippen LogP contribution is 2.15. The molecule has 0 atom stereocenters. The van der Waals surface area contributed by atoms with Crippen molar-refractivity contribution in [3.8, 4) is 0 Å². The number of hydrogen-bond acceptors (Lipinski definition) is 1. The number of hydrogen-bond donors (Lipinski definition) is 0. The van der Waals surface area contributed by atoms with Crippen molar-refractivity contribution >= 4 is 0 Å². The van der Waals surface area contributed by atoms with Crippen LogP contribution >= 0.6 is 0 Å². The van der Waals surface area contributed by atoms with Crippen molar-refractivity contribution in [2.75, 3.05) is 13.1 Å². The van der Waals surface area contributed by atoms with E-state index in [1.807, 2.05) is 0 Å². The second-order valence-corrected chi connectivity index (χ2v) is 5.17. The van der Waals surface area contributed by atoms with Gasteiger partial charge in [-0.1, -0.05) is 52.0 Å². The average molecular weight is 233 g/mol. The molecule has 0 heterocycles. The van der Waals surface area contributed by atoms with Gasteiger partial charge >= 0.3 is 0 Å². The van der Waals surface area contributed by atoms with E-state index >= 15 is 0 Å². The second-order valence-electron chi connectivity index (χ2n) is 5.17. The van der Waals surface area contributed by atoms with Crippen LogP contribution < -0.4 is 0 Å². The Balaban J connectivity index is 2.59. The fourth-order valence-electron chi connectivity index (χ4n) is 2.17. The summed E-state index contributed by atoms with van der Waals surface area (Å²) >= 11 is 0. The molecule has 0 bridgehead atoms. The predicted molar refractivity (Wildman–Crippen MR) is 76.4 cm³/mol. The molecule has 0 saturated heterocycles. The van der Waals surface area contributed by atoms with Gasteiger partial charge in [-0.3, -0.25) is 4.90 Å². The van der Waals surface area contributed by atoms with Crippen molar-refractivity contribution in [1.82, 2.24) is 4.90 Å². The minimum Gasteiger partial charge on any atom is -0.299 e. The summed E-state index contributed by atoms with van der Waals surface area (Å²) in [7, 11) is 0. The first-order valence-electron chi connectivity index (χ1n) is 6.98. The van der Waals surface area contributed by atoms with Crippen LogP contribution in [-0.4, -0.2) is 18.0 Å². The smallest absolute Gasteiger partial charge is 0.0233 e. The van der Waals surface area contributed by atoms with Gasteiger partial charge in [0.2, 0.25) is 0 Å². The monoisotopic (exact) mass is 233 g/mol. The first kappa shape index (κ1) is 14.2. The van der Waals surface area contributed by atoms with Crippen LogP contribution in [0.1, 0.15) is 57.6 Å². The minimum absolute atomic E-state index is 0.631. The van der Waals surface area contributed by atoms with E-state index in [0.717, 1.165) is 6.54 Å².